The van der Waals surface area contributed by atoms with Crippen LogP contribution in [-0.4, -0.2) is 34.7 Å². The molecule has 0 amide bonds. The largest absolute Gasteiger partial charge is 0.378 e. The van der Waals surface area contributed by atoms with E-state index in [4.69, 9.17) is 4.74 Å². The second kappa shape index (κ2) is 6.78. The Morgan fingerprint density at radius 2 is 1.88 bits per heavy atom. The number of halogens is 1. The third-order valence-corrected chi connectivity index (χ3v) is 5.29. The summed E-state index contributed by atoms with van der Waals surface area (Å²) in [5.41, 5.74) is 1.70. The monoisotopic (exact) mass is 350 g/mol. The fourth-order valence-electron chi connectivity index (χ4n) is 2.59. The Kier molecular flexibility index (Phi) is 4.73. The number of nitrogens with zero attached hydrogens (tertiary/aromatic N) is 1. The quantitative estimate of drug-likeness (QED) is 0.921. The molecule has 0 unspecified atom stereocenters. The smallest absolute Gasteiger partial charge is 0.261 e. The maximum absolute atomic E-state index is 13.3. The molecule has 0 saturated carbocycles. The van der Waals surface area contributed by atoms with Gasteiger partial charge in [0.25, 0.3) is 10.0 Å². The van der Waals surface area contributed by atoms with Gasteiger partial charge in [0.2, 0.25) is 0 Å². The van der Waals surface area contributed by atoms with Gasteiger partial charge in [-0.25, -0.2) is 12.8 Å². The number of aryl methyl sites for hydroxylation is 1. The van der Waals surface area contributed by atoms with Crippen LogP contribution in [0.4, 0.5) is 15.8 Å². The van der Waals surface area contributed by atoms with E-state index in [2.05, 4.69) is 9.62 Å². The van der Waals surface area contributed by atoms with E-state index >= 15 is 0 Å². The van der Waals surface area contributed by atoms with Crippen LogP contribution in [0.3, 0.4) is 0 Å². The van der Waals surface area contributed by atoms with E-state index < -0.39 is 15.8 Å². The number of nitrogens with one attached hydrogen (secondary N) is 1. The molecule has 1 aliphatic heterocycles. The van der Waals surface area contributed by atoms with Gasteiger partial charge in [-0.3, -0.25) is 4.72 Å². The van der Waals surface area contributed by atoms with Crippen LogP contribution < -0.4 is 9.62 Å². The van der Waals surface area contributed by atoms with Gasteiger partial charge in [0.15, 0.2) is 0 Å². The molecule has 3 rings (SSSR count). The maximum Gasteiger partial charge on any atom is 0.261 e. The molecule has 2 aromatic rings. The van der Waals surface area contributed by atoms with Gasteiger partial charge >= 0.3 is 0 Å². The van der Waals surface area contributed by atoms with Crippen molar-refractivity contribution >= 4 is 21.4 Å². The van der Waals surface area contributed by atoms with Gasteiger partial charge in [-0.2, -0.15) is 0 Å². The summed E-state index contributed by atoms with van der Waals surface area (Å²) in [7, 11) is -3.76. The fraction of sp³-hybridized carbons (Fsp3) is 0.294. The lowest BCUT2D eigenvalue weighted by Crippen LogP contribution is -2.36. The third-order valence-electron chi connectivity index (χ3n) is 3.91. The van der Waals surface area contributed by atoms with E-state index in [1.54, 1.807) is 18.2 Å². The lowest BCUT2D eigenvalue weighted by Gasteiger charge is -2.29. The van der Waals surface area contributed by atoms with E-state index in [0.717, 1.165) is 24.8 Å². The van der Waals surface area contributed by atoms with Crippen LogP contribution in [-0.2, 0) is 14.8 Å². The Morgan fingerprint density at radius 3 is 2.58 bits per heavy atom. The molecule has 7 heteroatoms. The molecular formula is C17H19FN2O3S. The first-order valence-corrected chi connectivity index (χ1v) is 9.16. The number of sulfonamides is 1. The average Bonchev–Trinajstić information content (AvgIpc) is 2.58. The highest BCUT2D eigenvalue weighted by Gasteiger charge is 2.17. The van der Waals surface area contributed by atoms with Crippen molar-refractivity contribution in [1.29, 1.82) is 0 Å². The van der Waals surface area contributed by atoms with Crippen molar-refractivity contribution < 1.29 is 17.5 Å². The maximum atomic E-state index is 13.3. The normalized spacial score (nSPS) is 15.3. The van der Waals surface area contributed by atoms with Gasteiger partial charge in [-0.15, -0.1) is 0 Å². The molecule has 0 atom stereocenters. The molecule has 1 N–H and O–H groups in total. The molecule has 128 valence electrons. The highest BCUT2D eigenvalue weighted by atomic mass is 32.2. The Balaban J connectivity index is 1.83. The standard InChI is InChI=1S/C17H19FN2O3S/c1-13-11-16(5-6-17(13)18)24(21,22)19-14-3-2-4-15(12-14)20-7-9-23-10-8-20/h2-6,11-12,19H,7-10H2,1H3. The molecule has 5 nitrogen and oxygen atoms in total. The lowest BCUT2D eigenvalue weighted by molar-refractivity contribution is 0.122. The topological polar surface area (TPSA) is 58.6 Å². The van der Waals surface area contributed by atoms with Gasteiger partial charge in [0.05, 0.1) is 23.8 Å². The van der Waals surface area contributed by atoms with Crippen molar-refractivity contribution in [1.82, 2.24) is 0 Å². The molecule has 0 aliphatic carbocycles. The summed E-state index contributed by atoms with van der Waals surface area (Å²) in [6.45, 7) is 4.39. The average molecular weight is 350 g/mol. The van der Waals surface area contributed by atoms with Gasteiger partial charge in [-0.1, -0.05) is 6.07 Å². The minimum atomic E-state index is -3.76. The summed E-state index contributed by atoms with van der Waals surface area (Å²) >= 11 is 0. The number of anilines is 2. The number of morpholine rings is 1. The zero-order valence-electron chi connectivity index (χ0n) is 13.3. The highest BCUT2D eigenvalue weighted by Crippen LogP contribution is 2.23. The lowest BCUT2D eigenvalue weighted by atomic mass is 10.2. The van der Waals surface area contributed by atoms with E-state index in [1.165, 1.54) is 19.1 Å². The van der Waals surface area contributed by atoms with Gasteiger partial charge < -0.3 is 9.64 Å². The number of ether oxygens (including phenoxy) is 1. The molecule has 1 heterocycles. The number of benzene rings is 2. The van der Waals surface area contributed by atoms with Crippen LogP contribution in [0.15, 0.2) is 47.4 Å². The molecular weight excluding hydrogens is 331 g/mol. The van der Waals surface area contributed by atoms with Crippen molar-refractivity contribution in [3.05, 3.63) is 53.8 Å². The minimum absolute atomic E-state index is 0.0400. The molecule has 1 saturated heterocycles. The molecule has 0 spiro atoms. The Labute approximate surface area is 141 Å². The summed E-state index contributed by atoms with van der Waals surface area (Å²) in [6, 6.07) is 11.0. The first-order valence-electron chi connectivity index (χ1n) is 7.67. The van der Waals surface area contributed by atoms with Crippen LogP contribution >= 0.6 is 0 Å². The number of rotatable bonds is 4. The van der Waals surface area contributed by atoms with Crippen LogP contribution in [0.5, 0.6) is 0 Å². The second-order valence-corrected chi connectivity index (χ2v) is 7.35. The SMILES string of the molecule is Cc1cc(S(=O)(=O)Nc2cccc(N3CCOCC3)c2)ccc1F. The summed E-state index contributed by atoms with van der Waals surface area (Å²) in [5.74, 6) is -0.428. The van der Waals surface area contributed by atoms with E-state index in [1.807, 2.05) is 6.07 Å². The second-order valence-electron chi connectivity index (χ2n) is 5.67. The Morgan fingerprint density at radius 1 is 1.12 bits per heavy atom. The van der Waals surface area contributed by atoms with E-state index in [9.17, 15) is 12.8 Å². The van der Waals surface area contributed by atoms with Crippen molar-refractivity contribution in [3.63, 3.8) is 0 Å². The van der Waals surface area contributed by atoms with E-state index in [-0.39, 0.29) is 4.90 Å². The van der Waals surface area contributed by atoms with Crippen molar-refractivity contribution in [2.24, 2.45) is 0 Å². The fourth-order valence-corrected chi connectivity index (χ4v) is 3.72. The zero-order valence-corrected chi connectivity index (χ0v) is 14.1. The van der Waals surface area contributed by atoms with Crippen LogP contribution in [0.2, 0.25) is 0 Å². The Bertz CT molecular complexity index is 833. The molecule has 1 fully saturated rings. The molecule has 0 radical (unpaired) electrons. The van der Waals surface area contributed by atoms with Gasteiger partial charge in [0.1, 0.15) is 5.82 Å². The Hall–Kier alpha value is -2.12. The predicted molar refractivity (Wildman–Crippen MR) is 91.4 cm³/mol. The van der Waals surface area contributed by atoms with Crippen molar-refractivity contribution in [2.45, 2.75) is 11.8 Å². The molecule has 2 aromatic carbocycles. The first kappa shape index (κ1) is 16.7. The molecule has 0 aromatic heterocycles. The minimum Gasteiger partial charge on any atom is -0.378 e. The summed E-state index contributed by atoms with van der Waals surface area (Å²) in [6.07, 6.45) is 0. The molecule has 1 aliphatic rings. The van der Waals surface area contributed by atoms with Crippen molar-refractivity contribution in [2.75, 3.05) is 35.9 Å². The number of hydrogen-bond donors (Lipinski definition) is 1. The van der Waals surface area contributed by atoms with E-state index in [0.29, 0.717) is 24.5 Å². The van der Waals surface area contributed by atoms with Crippen LogP contribution in [0.1, 0.15) is 5.56 Å². The summed E-state index contributed by atoms with van der Waals surface area (Å²) in [4.78, 5) is 2.18. The van der Waals surface area contributed by atoms with Crippen LogP contribution in [0.25, 0.3) is 0 Å². The van der Waals surface area contributed by atoms with Gasteiger partial charge in [-0.05, 0) is 48.9 Å². The summed E-state index contributed by atoms with van der Waals surface area (Å²) in [5, 5.41) is 0. The van der Waals surface area contributed by atoms with Crippen molar-refractivity contribution in [3.8, 4) is 0 Å². The zero-order chi connectivity index (χ0) is 17.2. The molecule has 0 bridgehead atoms. The first-order chi connectivity index (χ1) is 11.5. The summed E-state index contributed by atoms with van der Waals surface area (Å²) < 4.78 is 46.2. The molecule has 24 heavy (non-hydrogen) atoms. The van der Waals surface area contributed by atoms with Gasteiger partial charge in [0, 0.05) is 18.8 Å². The highest BCUT2D eigenvalue weighted by molar-refractivity contribution is 7.92. The number of hydrogen-bond acceptors (Lipinski definition) is 4. The third kappa shape index (κ3) is 3.68. The predicted octanol–water partition coefficient (Wildman–Crippen LogP) is 2.77. The van der Waals surface area contributed by atoms with Crippen LogP contribution in [0, 0.1) is 12.7 Å².